The third-order valence-electron chi connectivity index (χ3n) is 7.42. The Balaban J connectivity index is 1.37. The lowest BCUT2D eigenvalue weighted by Crippen LogP contribution is -2.49. The van der Waals surface area contributed by atoms with E-state index in [0.717, 1.165) is 85.3 Å². The van der Waals surface area contributed by atoms with E-state index in [9.17, 15) is 4.79 Å². The van der Waals surface area contributed by atoms with E-state index < -0.39 is 5.97 Å². The number of unbranched alkanes of at least 4 members (excludes halogenated alkanes) is 1. The average molecular weight is 524 g/mol. The van der Waals surface area contributed by atoms with Crippen molar-refractivity contribution in [2.45, 2.75) is 60.3 Å². The van der Waals surface area contributed by atoms with Crippen LogP contribution in [0.25, 0.3) is 21.8 Å². The first-order valence-electron chi connectivity index (χ1n) is 13.9. The van der Waals surface area contributed by atoms with Gasteiger partial charge in [-0.15, -0.1) is 0 Å². The number of hydrogen-bond donors (Lipinski definition) is 3. The molecule has 0 bridgehead atoms. The van der Waals surface area contributed by atoms with Gasteiger partial charge in [-0.1, -0.05) is 47.1 Å². The summed E-state index contributed by atoms with van der Waals surface area (Å²) < 4.78 is 5.99. The lowest BCUT2D eigenvalue weighted by Gasteiger charge is -2.40. The summed E-state index contributed by atoms with van der Waals surface area (Å²) in [6.07, 6.45) is 3.30. The van der Waals surface area contributed by atoms with Gasteiger partial charge in [-0.2, -0.15) is 0 Å². The van der Waals surface area contributed by atoms with Gasteiger partial charge in [0, 0.05) is 55.6 Å². The highest BCUT2D eigenvalue weighted by atomic mass is 16.5. The molecule has 0 atom stereocenters. The molecule has 0 spiro atoms. The quantitative estimate of drug-likeness (QED) is 0.276. The predicted molar refractivity (Wildman–Crippen MR) is 156 cm³/mol. The van der Waals surface area contributed by atoms with Gasteiger partial charge in [0.25, 0.3) is 0 Å². The fourth-order valence-corrected chi connectivity index (χ4v) is 5.48. The molecule has 1 aliphatic rings. The van der Waals surface area contributed by atoms with Crippen molar-refractivity contribution in [2.75, 3.05) is 56.6 Å². The number of hydrogen-bond acceptors (Lipinski definition) is 6. The molecule has 208 valence electrons. The molecule has 0 amide bonds. The van der Waals surface area contributed by atoms with Gasteiger partial charge in [-0.05, 0) is 35.4 Å². The Morgan fingerprint density at radius 3 is 2.50 bits per heavy atom. The number of ether oxygens (including phenoxy) is 1. The number of nitrogens with one attached hydrogen (secondary N) is 1. The molecule has 1 aliphatic heterocycles. The molecule has 1 aromatic heterocycles. The number of aliphatic carboxylic acids is 1. The highest BCUT2D eigenvalue weighted by Gasteiger charge is 2.28. The standard InChI is InChI=1S/C30H45N5O3/c1-6-7-8-25-32-27-23-16-22(10-9-21(23)15-24(31)28(27)33-25)35-13-11-34(12-14-35)18-30(4,5)20-38-19-29(2,3)17-26(36)37/h9-10,15-16H,6-8,11-14,17-20,31H2,1-5H3,(H,32,33)(H,36,37). The SMILES string of the molecule is CCCCc1nc2c([nH]1)c(N)cc1ccc(N3CCN(CC(C)(C)COCC(C)(C)CC(=O)O)CC3)cc12. The number of aromatic nitrogens is 2. The van der Waals surface area contributed by atoms with E-state index in [1.165, 1.54) is 5.69 Å². The summed E-state index contributed by atoms with van der Waals surface area (Å²) in [6, 6.07) is 8.69. The first-order valence-corrected chi connectivity index (χ1v) is 13.9. The molecule has 4 N–H and O–H groups in total. The number of carboxylic acids is 1. The first kappa shape index (κ1) is 28.2. The number of imidazole rings is 1. The zero-order valence-electron chi connectivity index (χ0n) is 23.8. The molecule has 8 nitrogen and oxygen atoms in total. The molecular formula is C30H45N5O3. The largest absolute Gasteiger partial charge is 0.481 e. The number of nitrogen functional groups attached to an aromatic ring is 1. The molecule has 1 fully saturated rings. The number of H-pyrrole nitrogens is 1. The number of carbonyl (C=O) groups is 1. The van der Waals surface area contributed by atoms with Crippen molar-refractivity contribution in [1.29, 1.82) is 0 Å². The van der Waals surface area contributed by atoms with E-state index in [2.05, 4.69) is 53.8 Å². The summed E-state index contributed by atoms with van der Waals surface area (Å²) in [5, 5.41) is 11.4. The number of benzene rings is 2. The normalized spacial score (nSPS) is 15.6. The summed E-state index contributed by atoms with van der Waals surface area (Å²) in [6.45, 7) is 16.5. The van der Waals surface area contributed by atoms with Gasteiger partial charge in [0.1, 0.15) is 5.82 Å². The Hall–Kier alpha value is -2.84. The molecule has 0 radical (unpaired) electrons. The lowest BCUT2D eigenvalue weighted by molar-refractivity contribution is -0.140. The predicted octanol–water partition coefficient (Wildman–Crippen LogP) is 5.31. The maximum atomic E-state index is 11.1. The number of fused-ring (bicyclic) bond motifs is 3. The highest BCUT2D eigenvalue weighted by Crippen LogP contribution is 2.32. The third-order valence-corrected chi connectivity index (χ3v) is 7.42. The fraction of sp³-hybridized carbons (Fsp3) is 0.600. The number of carboxylic acid groups (broad SMARTS) is 1. The number of anilines is 2. The van der Waals surface area contributed by atoms with Crippen LogP contribution in [0.5, 0.6) is 0 Å². The second-order valence-electron chi connectivity index (χ2n) is 12.5. The summed E-state index contributed by atoms with van der Waals surface area (Å²) in [5.74, 6) is 0.230. The summed E-state index contributed by atoms with van der Waals surface area (Å²) in [5.41, 5.74) is 9.89. The van der Waals surface area contributed by atoms with Crippen LogP contribution < -0.4 is 10.6 Å². The van der Waals surface area contributed by atoms with Crippen LogP contribution in [-0.2, 0) is 16.0 Å². The van der Waals surface area contributed by atoms with Gasteiger partial charge in [-0.3, -0.25) is 9.69 Å². The van der Waals surface area contributed by atoms with Crippen LogP contribution in [0.2, 0.25) is 0 Å². The molecule has 2 heterocycles. The number of nitrogens with zero attached hydrogens (tertiary/aromatic N) is 3. The number of nitrogens with two attached hydrogens (primary N) is 1. The van der Waals surface area contributed by atoms with Crippen molar-refractivity contribution >= 4 is 39.1 Å². The number of aromatic amines is 1. The first-order chi connectivity index (χ1) is 18.0. The van der Waals surface area contributed by atoms with Crippen LogP contribution in [0.4, 0.5) is 11.4 Å². The van der Waals surface area contributed by atoms with Gasteiger partial charge in [-0.25, -0.2) is 4.98 Å². The van der Waals surface area contributed by atoms with Crippen LogP contribution in [-0.4, -0.2) is 71.9 Å². The van der Waals surface area contributed by atoms with E-state index in [1.54, 1.807) is 0 Å². The van der Waals surface area contributed by atoms with Crippen LogP contribution in [0, 0.1) is 10.8 Å². The highest BCUT2D eigenvalue weighted by molar-refractivity contribution is 6.10. The Morgan fingerprint density at radius 2 is 1.82 bits per heavy atom. The van der Waals surface area contributed by atoms with Gasteiger partial charge in [0.15, 0.2) is 0 Å². The van der Waals surface area contributed by atoms with Crippen molar-refractivity contribution in [2.24, 2.45) is 10.8 Å². The van der Waals surface area contributed by atoms with Crippen LogP contribution >= 0.6 is 0 Å². The number of piperazine rings is 1. The topological polar surface area (TPSA) is 108 Å². The number of aryl methyl sites for hydroxylation is 1. The van der Waals surface area contributed by atoms with Crippen molar-refractivity contribution in [3.8, 4) is 0 Å². The second kappa shape index (κ2) is 11.5. The van der Waals surface area contributed by atoms with Gasteiger partial charge in [0.2, 0.25) is 0 Å². The van der Waals surface area contributed by atoms with Crippen molar-refractivity contribution in [3.05, 3.63) is 30.1 Å². The van der Waals surface area contributed by atoms with E-state index in [0.29, 0.717) is 13.2 Å². The molecule has 1 saturated heterocycles. The van der Waals surface area contributed by atoms with E-state index >= 15 is 0 Å². The lowest BCUT2D eigenvalue weighted by atomic mass is 9.90. The minimum absolute atomic E-state index is 0.00854. The Bertz CT molecular complexity index is 1260. The van der Waals surface area contributed by atoms with Crippen molar-refractivity contribution in [1.82, 2.24) is 14.9 Å². The van der Waals surface area contributed by atoms with Crippen LogP contribution in [0.15, 0.2) is 24.3 Å². The minimum atomic E-state index is -0.781. The van der Waals surface area contributed by atoms with Crippen LogP contribution in [0.3, 0.4) is 0 Å². The zero-order chi connectivity index (χ0) is 27.5. The molecule has 0 saturated carbocycles. The van der Waals surface area contributed by atoms with Gasteiger partial charge >= 0.3 is 5.97 Å². The van der Waals surface area contributed by atoms with Gasteiger partial charge < -0.3 is 25.5 Å². The molecule has 3 aromatic rings. The maximum Gasteiger partial charge on any atom is 0.303 e. The van der Waals surface area contributed by atoms with Crippen molar-refractivity contribution in [3.63, 3.8) is 0 Å². The molecule has 0 unspecified atom stereocenters. The minimum Gasteiger partial charge on any atom is -0.481 e. The fourth-order valence-electron chi connectivity index (χ4n) is 5.48. The van der Waals surface area contributed by atoms with Crippen LogP contribution in [0.1, 0.15) is 59.7 Å². The van der Waals surface area contributed by atoms with Gasteiger partial charge in [0.05, 0.1) is 36.4 Å². The molecule has 8 heteroatoms. The monoisotopic (exact) mass is 523 g/mol. The summed E-state index contributed by atoms with van der Waals surface area (Å²) >= 11 is 0. The molecule has 2 aromatic carbocycles. The second-order valence-corrected chi connectivity index (χ2v) is 12.5. The third kappa shape index (κ3) is 6.97. The molecule has 0 aliphatic carbocycles. The maximum absolute atomic E-state index is 11.1. The summed E-state index contributed by atoms with van der Waals surface area (Å²) in [7, 11) is 0. The van der Waals surface area contributed by atoms with E-state index in [4.69, 9.17) is 20.6 Å². The average Bonchev–Trinajstić information content (AvgIpc) is 3.27. The molecule has 38 heavy (non-hydrogen) atoms. The molecule has 4 rings (SSSR count). The molecular weight excluding hydrogens is 478 g/mol. The Kier molecular flexibility index (Phi) is 8.52. The number of rotatable bonds is 12. The smallest absolute Gasteiger partial charge is 0.303 e. The van der Waals surface area contributed by atoms with E-state index in [-0.39, 0.29) is 17.3 Å². The Morgan fingerprint density at radius 1 is 1.11 bits per heavy atom. The zero-order valence-corrected chi connectivity index (χ0v) is 23.8. The van der Waals surface area contributed by atoms with Crippen molar-refractivity contribution < 1.29 is 14.6 Å². The Labute approximate surface area is 226 Å². The van der Waals surface area contributed by atoms with E-state index in [1.807, 2.05) is 19.9 Å². The summed E-state index contributed by atoms with van der Waals surface area (Å²) in [4.78, 5) is 24.4.